The smallest absolute Gasteiger partial charge is 0.250 e. The molecule has 0 radical (unpaired) electrons. The fraction of sp³-hybridized carbons (Fsp3) is 0.133. The van der Waals surface area contributed by atoms with Crippen LogP contribution in [0.3, 0.4) is 0 Å². The van der Waals surface area contributed by atoms with Crippen LogP contribution in [0.15, 0.2) is 42.5 Å². The molecule has 0 fully saturated rings. The summed E-state index contributed by atoms with van der Waals surface area (Å²) in [5.74, 6) is -0.390. The maximum Gasteiger partial charge on any atom is 0.250 e. The zero-order valence-corrected chi connectivity index (χ0v) is 12.3. The summed E-state index contributed by atoms with van der Waals surface area (Å²) >= 11 is 11.8. The Bertz CT molecular complexity index is 733. The number of anilines is 1. The molecular weight excluding hydrogens is 314 g/mol. The van der Waals surface area contributed by atoms with Gasteiger partial charge >= 0.3 is 0 Å². The Morgan fingerprint density at radius 3 is 2.67 bits per heavy atom. The van der Waals surface area contributed by atoms with Crippen LogP contribution in [0.25, 0.3) is 0 Å². The third-order valence-corrected chi connectivity index (χ3v) is 3.86. The van der Waals surface area contributed by atoms with Crippen molar-refractivity contribution in [2.45, 2.75) is 6.17 Å². The second kappa shape index (κ2) is 5.54. The molecule has 0 aromatic heterocycles. The monoisotopic (exact) mass is 324 g/mol. The van der Waals surface area contributed by atoms with E-state index >= 15 is 0 Å². The van der Waals surface area contributed by atoms with Crippen molar-refractivity contribution >= 4 is 34.6 Å². The van der Waals surface area contributed by atoms with Crippen molar-refractivity contribution in [2.75, 3.05) is 11.2 Å². The van der Waals surface area contributed by atoms with Gasteiger partial charge in [0.1, 0.15) is 11.7 Å². The van der Waals surface area contributed by atoms with Crippen LogP contribution < -0.4 is 5.32 Å². The third kappa shape index (κ3) is 2.45. The Labute approximate surface area is 131 Å². The molecule has 1 aliphatic heterocycles. The van der Waals surface area contributed by atoms with E-state index in [2.05, 4.69) is 5.32 Å². The van der Waals surface area contributed by atoms with Gasteiger partial charge in [-0.1, -0.05) is 23.7 Å². The van der Waals surface area contributed by atoms with Gasteiger partial charge in [-0.15, -0.1) is 11.6 Å². The third-order valence-electron chi connectivity index (χ3n) is 3.34. The van der Waals surface area contributed by atoms with Crippen molar-refractivity contribution in [2.24, 2.45) is 0 Å². The lowest BCUT2D eigenvalue weighted by Gasteiger charge is -2.27. The molecule has 1 unspecified atom stereocenters. The summed E-state index contributed by atoms with van der Waals surface area (Å²) in [6.45, 7) is 0. The Morgan fingerprint density at radius 1 is 1.19 bits per heavy atom. The number of alkyl halides is 1. The topological polar surface area (TPSA) is 38.1 Å². The number of nitrogens with zero attached hydrogens (tertiary/aromatic N) is 1. The van der Waals surface area contributed by atoms with Gasteiger partial charge in [-0.3, -0.25) is 0 Å². The zero-order chi connectivity index (χ0) is 15.0. The summed E-state index contributed by atoms with van der Waals surface area (Å²) in [6.07, 6.45) is -0.657. The van der Waals surface area contributed by atoms with Gasteiger partial charge in [0.25, 0.3) is 6.17 Å². The lowest BCUT2D eigenvalue weighted by Crippen LogP contribution is -2.41. The number of nitrogens with one attached hydrogen (secondary N) is 1. The summed E-state index contributed by atoms with van der Waals surface area (Å²) < 4.78 is 14.8. The average molecular weight is 325 g/mol. The number of benzene rings is 2. The van der Waals surface area contributed by atoms with Gasteiger partial charge in [0, 0.05) is 5.02 Å². The van der Waals surface area contributed by atoms with Crippen molar-refractivity contribution in [3.63, 3.8) is 0 Å². The highest BCUT2D eigenvalue weighted by Crippen LogP contribution is 2.29. The molecule has 1 atom stereocenters. The molecule has 2 aromatic rings. The van der Waals surface area contributed by atoms with E-state index in [0.717, 1.165) is 0 Å². The maximum absolute atomic E-state index is 14.1. The molecule has 21 heavy (non-hydrogen) atoms. The van der Waals surface area contributed by atoms with Crippen molar-refractivity contribution in [3.8, 4) is 0 Å². The van der Waals surface area contributed by atoms with Gasteiger partial charge in [0.2, 0.25) is 5.71 Å². The minimum Gasteiger partial charge on any atom is -0.622 e. The first-order valence-electron chi connectivity index (χ1n) is 6.32. The molecule has 0 spiro atoms. The fourth-order valence-corrected chi connectivity index (χ4v) is 2.74. The van der Waals surface area contributed by atoms with E-state index in [9.17, 15) is 9.60 Å². The Morgan fingerprint density at radius 2 is 1.95 bits per heavy atom. The van der Waals surface area contributed by atoms with E-state index in [-0.39, 0.29) is 17.2 Å². The van der Waals surface area contributed by atoms with E-state index < -0.39 is 12.0 Å². The second-order valence-corrected chi connectivity index (χ2v) is 5.40. The summed E-state index contributed by atoms with van der Waals surface area (Å²) in [6, 6.07) is 11.2. The molecule has 108 valence electrons. The van der Waals surface area contributed by atoms with Crippen LogP contribution in [-0.2, 0) is 0 Å². The van der Waals surface area contributed by atoms with Crippen molar-refractivity contribution in [1.29, 1.82) is 0 Å². The fourth-order valence-electron chi connectivity index (χ4n) is 2.37. The molecule has 0 bridgehead atoms. The number of halogens is 3. The SMILES string of the molecule is [O-][N+]1=C(c2ccccc2F)c2cc(Cl)ccc2NC1CCl. The minimum atomic E-state index is -0.657. The van der Waals surface area contributed by atoms with Crippen LogP contribution in [0.1, 0.15) is 11.1 Å². The van der Waals surface area contributed by atoms with Gasteiger partial charge in [-0.05, 0) is 30.3 Å². The molecule has 1 heterocycles. The van der Waals surface area contributed by atoms with Gasteiger partial charge in [0.15, 0.2) is 0 Å². The summed E-state index contributed by atoms with van der Waals surface area (Å²) in [5.41, 5.74) is 1.72. The predicted molar refractivity (Wildman–Crippen MR) is 82.8 cm³/mol. The number of hydroxylamine groups is 1. The zero-order valence-electron chi connectivity index (χ0n) is 10.8. The van der Waals surface area contributed by atoms with E-state index in [4.69, 9.17) is 23.2 Å². The highest BCUT2D eigenvalue weighted by Gasteiger charge is 2.32. The van der Waals surface area contributed by atoms with E-state index in [1.54, 1.807) is 36.4 Å². The highest BCUT2D eigenvalue weighted by molar-refractivity contribution is 6.31. The van der Waals surface area contributed by atoms with E-state index in [0.29, 0.717) is 21.0 Å². The van der Waals surface area contributed by atoms with Crippen molar-refractivity contribution in [1.82, 2.24) is 0 Å². The van der Waals surface area contributed by atoms with Crippen molar-refractivity contribution in [3.05, 3.63) is 69.6 Å². The van der Waals surface area contributed by atoms with E-state index in [1.165, 1.54) is 6.07 Å². The van der Waals surface area contributed by atoms with Gasteiger partial charge < -0.3 is 10.5 Å². The van der Waals surface area contributed by atoms with Crippen LogP contribution >= 0.6 is 23.2 Å². The largest absolute Gasteiger partial charge is 0.622 e. The Kier molecular flexibility index (Phi) is 3.74. The summed E-state index contributed by atoms with van der Waals surface area (Å²) in [7, 11) is 0. The number of hydrogen-bond donors (Lipinski definition) is 1. The lowest BCUT2D eigenvalue weighted by molar-refractivity contribution is -0.488. The van der Waals surface area contributed by atoms with Crippen molar-refractivity contribution < 1.29 is 9.13 Å². The summed E-state index contributed by atoms with van der Waals surface area (Å²) in [4.78, 5) is 0. The quantitative estimate of drug-likeness (QED) is 0.518. The molecule has 0 saturated heterocycles. The lowest BCUT2D eigenvalue weighted by atomic mass is 9.98. The Balaban J connectivity index is 2.28. The van der Waals surface area contributed by atoms with Crippen LogP contribution in [0.4, 0.5) is 10.1 Å². The number of rotatable bonds is 2. The molecule has 0 saturated carbocycles. The van der Waals surface area contributed by atoms with Gasteiger partial charge in [-0.2, -0.15) is 4.74 Å². The standard InChI is InChI=1S/C15H11Cl2FN2O/c16-8-14-19-13-6-5-9(17)7-11(13)15(20(14)21)10-3-1-2-4-12(10)18/h1-7,14,19H,8H2. The highest BCUT2D eigenvalue weighted by atomic mass is 35.5. The first-order valence-corrected chi connectivity index (χ1v) is 7.23. The number of hydrogen-bond acceptors (Lipinski definition) is 2. The molecule has 6 heteroatoms. The first-order chi connectivity index (χ1) is 10.1. The molecule has 0 amide bonds. The number of fused-ring (bicyclic) bond motifs is 1. The van der Waals surface area contributed by atoms with Crippen LogP contribution in [-0.4, -0.2) is 22.5 Å². The molecular formula is C15H11Cl2FN2O. The molecule has 1 aliphatic rings. The molecule has 1 N–H and O–H groups in total. The second-order valence-electron chi connectivity index (χ2n) is 4.66. The normalized spacial score (nSPS) is 17.4. The first kappa shape index (κ1) is 14.2. The average Bonchev–Trinajstić information content (AvgIpc) is 2.48. The molecule has 3 nitrogen and oxygen atoms in total. The minimum absolute atomic E-state index is 0.0729. The molecule has 0 aliphatic carbocycles. The van der Waals surface area contributed by atoms with Crippen LogP contribution in [0, 0.1) is 11.0 Å². The molecule has 2 aromatic carbocycles. The molecule has 3 rings (SSSR count). The summed E-state index contributed by atoms with van der Waals surface area (Å²) in [5, 5.41) is 16.0. The predicted octanol–water partition coefficient (Wildman–Crippen LogP) is 3.82. The van der Waals surface area contributed by atoms with Crippen LogP contribution in [0.5, 0.6) is 0 Å². The van der Waals surface area contributed by atoms with E-state index in [1.807, 2.05) is 0 Å². The maximum atomic E-state index is 14.1. The van der Waals surface area contributed by atoms with Gasteiger partial charge in [0.05, 0.1) is 16.8 Å². The Hall–Kier alpha value is -1.78. The van der Waals surface area contributed by atoms with Crippen LogP contribution in [0.2, 0.25) is 5.02 Å². The van der Waals surface area contributed by atoms with Gasteiger partial charge in [-0.25, -0.2) is 4.39 Å².